The van der Waals surface area contributed by atoms with Crippen LogP contribution in [0.15, 0.2) is 54.6 Å². The van der Waals surface area contributed by atoms with Crippen LogP contribution in [0.25, 0.3) is 0 Å². The lowest BCUT2D eigenvalue weighted by Crippen LogP contribution is -2.59. The summed E-state index contributed by atoms with van der Waals surface area (Å²) >= 11 is 0. The molecule has 30 heavy (non-hydrogen) atoms. The van der Waals surface area contributed by atoms with Gasteiger partial charge in [0.1, 0.15) is 0 Å². The molecule has 6 nitrogen and oxygen atoms in total. The Kier molecular flexibility index (Phi) is 6.57. The maximum Gasteiger partial charge on any atom is 0.314 e. The fraction of sp³-hybridized carbons (Fsp3) is 0.417. The summed E-state index contributed by atoms with van der Waals surface area (Å²) in [7, 11) is 0. The van der Waals surface area contributed by atoms with Gasteiger partial charge in [0.15, 0.2) is 12.0 Å². The van der Waals surface area contributed by atoms with Crippen LogP contribution in [-0.2, 0) is 9.53 Å². The van der Waals surface area contributed by atoms with Gasteiger partial charge in [0.05, 0.1) is 12.1 Å². The van der Waals surface area contributed by atoms with Crippen molar-refractivity contribution in [1.29, 1.82) is 0 Å². The molecule has 2 aliphatic heterocycles. The smallest absolute Gasteiger partial charge is 0.314 e. The van der Waals surface area contributed by atoms with Gasteiger partial charge in [0, 0.05) is 37.2 Å². The van der Waals surface area contributed by atoms with Gasteiger partial charge in [-0.2, -0.15) is 0 Å². The molecule has 2 N–H and O–H groups in total. The number of hydrogen-bond acceptors (Lipinski definition) is 6. The van der Waals surface area contributed by atoms with Crippen LogP contribution >= 0.6 is 0 Å². The SMILES string of the molecule is CC(C(=O)OC1CCN2CCCNCC2N1)c1cccc(C(=O)c2ccccc2)c1. The van der Waals surface area contributed by atoms with Gasteiger partial charge in [-0.3, -0.25) is 19.8 Å². The second kappa shape index (κ2) is 9.51. The predicted octanol–water partition coefficient (Wildman–Crippen LogP) is 2.51. The van der Waals surface area contributed by atoms with E-state index in [2.05, 4.69) is 15.5 Å². The van der Waals surface area contributed by atoms with E-state index in [4.69, 9.17) is 4.74 Å². The zero-order chi connectivity index (χ0) is 20.9. The van der Waals surface area contributed by atoms with Crippen LogP contribution in [0.1, 0.15) is 47.2 Å². The molecular weight excluding hydrogens is 378 g/mol. The monoisotopic (exact) mass is 407 g/mol. The lowest BCUT2D eigenvalue weighted by atomic mass is 9.96. The first-order valence-electron chi connectivity index (χ1n) is 10.7. The summed E-state index contributed by atoms with van der Waals surface area (Å²) in [6, 6.07) is 16.5. The number of ether oxygens (including phenoxy) is 1. The van der Waals surface area contributed by atoms with Crippen molar-refractivity contribution < 1.29 is 14.3 Å². The summed E-state index contributed by atoms with van der Waals surface area (Å²) in [5.41, 5.74) is 2.00. The van der Waals surface area contributed by atoms with Crippen LogP contribution < -0.4 is 10.6 Å². The van der Waals surface area contributed by atoms with E-state index in [0.29, 0.717) is 11.1 Å². The zero-order valence-corrected chi connectivity index (χ0v) is 17.3. The highest BCUT2D eigenvalue weighted by atomic mass is 16.6. The van der Waals surface area contributed by atoms with Crippen molar-refractivity contribution in [2.24, 2.45) is 0 Å². The van der Waals surface area contributed by atoms with Gasteiger partial charge < -0.3 is 10.1 Å². The maximum atomic E-state index is 12.8. The predicted molar refractivity (Wildman–Crippen MR) is 115 cm³/mol. The van der Waals surface area contributed by atoms with Crippen molar-refractivity contribution in [3.63, 3.8) is 0 Å². The van der Waals surface area contributed by atoms with Gasteiger partial charge in [0.25, 0.3) is 0 Å². The topological polar surface area (TPSA) is 70.7 Å². The van der Waals surface area contributed by atoms with E-state index in [-0.39, 0.29) is 24.1 Å². The number of nitrogens with zero attached hydrogens (tertiary/aromatic N) is 1. The van der Waals surface area contributed by atoms with Crippen LogP contribution in [-0.4, -0.2) is 55.2 Å². The molecule has 0 spiro atoms. The first-order chi connectivity index (χ1) is 14.6. The van der Waals surface area contributed by atoms with Crippen molar-refractivity contribution in [3.05, 3.63) is 71.3 Å². The number of carbonyl (C=O) groups is 2. The number of esters is 1. The molecule has 2 heterocycles. The van der Waals surface area contributed by atoms with Gasteiger partial charge in [-0.25, -0.2) is 0 Å². The molecule has 0 aromatic heterocycles. The average molecular weight is 408 g/mol. The first-order valence-corrected chi connectivity index (χ1v) is 10.7. The highest BCUT2D eigenvalue weighted by Gasteiger charge is 2.31. The quantitative estimate of drug-likeness (QED) is 0.586. The Balaban J connectivity index is 1.40. The number of ketones is 1. The van der Waals surface area contributed by atoms with E-state index in [1.165, 1.54) is 0 Å². The Labute approximate surface area is 177 Å². The van der Waals surface area contributed by atoms with Gasteiger partial charge in [-0.15, -0.1) is 0 Å². The Morgan fingerprint density at radius 3 is 2.70 bits per heavy atom. The zero-order valence-electron chi connectivity index (χ0n) is 17.3. The molecule has 158 valence electrons. The van der Waals surface area contributed by atoms with Crippen molar-refractivity contribution in [2.75, 3.05) is 26.2 Å². The molecule has 0 radical (unpaired) electrons. The Hall–Kier alpha value is -2.54. The molecule has 3 unspecified atom stereocenters. The maximum absolute atomic E-state index is 12.8. The van der Waals surface area contributed by atoms with Gasteiger partial charge >= 0.3 is 5.97 Å². The minimum Gasteiger partial charge on any atom is -0.446 e. The molecule has 0 saturated carbocycles. The molecule has 3 atom stereocenters. The largest absolute Gasteiger partial charge is 0.446 e. The minimum atomic E-state index is -0.444. The highest BCUT2D eigenvalue weighted by Crippen LogP contribution is 2.22. The van der Waals surface area contributed by atoms with Crippen LogP contribution in [0.3, 0.4) is 0 Å². The van der Waals surface area contributed by atoms with Gasteiger partial charge in [0.2, 0.25) is 0 Å². The number of rotatable bonds is 5. The van der Waals surface area contributed by atoms with Crippen LogP contribution in [0.5, 0.6) is 0 Å². The Morgan fingerprint density at radius 2 is 1.87 bits per heavy atom. The molecule has 2 saturated heterocycles. The summed E-state index contributed by atoms with van der Waals surface area (Å²) in [5.74, 6) is -0.764. The van der Waals surface area contributed by atoms with Gasteiger partial charge in [-0.05, 0) is 31.5 Å². The second-order valence-electron chi connectivity index (χ2n) is 8.03. The van der Waals surface area contributed by atoms with Crippen LogP contribution in [0, 0.1) is 0 Å². The lowest BCUT2D eigenvalue weighted by Gasteiger charge is -2.39. The number of carbonyl (C=O) groups excluding carboxylic acids is 2. The van der Waals surface area contributed by atoms with E-state index in [1.54, 1.807) is 24.3 Å². The number of nitrogens with one attached hydrogen (secondary N) is 2. The molecule has 6 heteroatoms. The average Bonchev–Trinajstić information content (AvgIpc) is 3.03. The normalized spacial score (nSPS) is 23.1. The van der Waals surface area contributed by atoms with Gasteiger partial charge in [-0.1, -0.05) is 48.5 Å². The standard InChI is InChI=1S/C24H29N3O3/c1-17(19-9-5-10-20(15-19)23(28)18-7-3-2-4-8-18)24(29)30-22-11-14-27-13-6-12-25-16-21(27)26-22/h2-5,7-10,15,17,21-22,25-26H,6,11-14,16H2,1H3. The van der Waals surface area contributed by atoms with Crippen molar-refractivity contribution in [1.82, 2.24) is 15.5 Å². The van der Waals surface area contributed by atoms with Crippen LogP contribution in [0.2, 0.25) is 0 Å². The summed E-state index contributed by atoms with van der Waals surface area (Å²) in [6.07, 6.45) is 1.83. The molecule has 4 rings (SSSR count). The number of fused-ring (bicyclic) bond motifs is 1. The summed E-state index contributed by atoms with van der Waals surface area (Å²) < 4.78 is 5.79. The fourth-order valence-electron chi connectivity index (χ4n) is 4.12. The molecule has 0 bridgehead atoms. The molecule has 2 fully saturated rings. The summed E-state index contributed by atoms with van der Waals surface area (Å²) in [4.78, 5) is 28.0. The van der Waals surface area contributed by atoms with E-state index < -0.39 is 5.92 Å². The number of benzene rings is 2. The van der Waals surface area contributed by atoms with Crippen molar-refractivity contribution >= 4 is 11.8 Å². The minimum absolute atomic E-state index is 0.0482. The Bertz CT molecular complexity index is 886. The lowest BCUT2D eigenvalue weighted by molar-refractivity contribution is -0.156. The highest BCUT2D eigenvalue weighted by molar-refractivity contribution is 6.09. The van der Waals surface area contributed by atoms with Crippen LogP contribution in [0.4, 0.5) is 0 Å². The van der Waals surface area contributed by atoms with E-state index in [0.717, 1.165) is 44.6 Å². The molecule has 0 amide bonds. The number of hydrogen-bond donors (Lipinski definition) is 2. The second-order valence-corrected chi connectivity index (χ2v) is 8.03. The third kappa shape index (κ3) is 4.78. The molecule has 0 aliphatic carbocycles. The van der Waals surface area contributed by atoms with Crippen molar-refractivity contribution in [3.8, 4) is 0 Å². The summed E-state index contributed by atoms with van der Waals surface area (Å²) in [5, 5.41) is 6.87. The summed E-state index contributed by atoms with van der Waals surface area (Å²) in [6.45, 7) is 5.69. The fourth-order valence-corrected chi connectivity index (χ4v) is 4.12. The van der Waals surface area contributed by atoms with E-state index >= 15 is 0 Å². The molecule has 2 aliphatic rings. The Morgan fingerprint density at radius 1 is 1.07 bits per heavy atom. The van der Waals surface area contributed by atoms with E-state index in [9.17, 15) is 9.59 Å². The molecule has 2 aromatic carbocycles. The third-order valence-corrected chi connectivity index (χ3v) is 5.93. The van der Waals surface area contributed by atoms with Crippen molar-refractivity contribution in [2.45, 2.75) is 38.1 Å². The van der Waals surface area contributed by atoms with E-state index in [1.807, 2.05) is 37.3 Å². The molecular formula is C24H29N3O3. The first kappa shape index (κ1) is 20.7. The third-order valence-electron chi connectivity index (χ3n) is 5.93. The molecule has 2 aromatic rings.